The van der Waals surface area contributed by atoms with Crippen LogP contribution in [0.1, 0.15) is 25.5 Å². The second-order valence-electron chi connectivity index (χ2n) is 4.24. The lowest BCUT2D eigenvalue weighted by Crippen LogP contribution is -2.18. The van der Waals surface area contributed by atoms with Crippen molar-refractivity contribution >= 4 is 0 Å². The van der Waals surface area contributed by atoms with Crippen LogP contribution in [0.25, 0.3) is 0 Å². The number of pyridine rings is 1. The molecule has 100 valence electrons. The van der Waals surface area contributed by atoms with Gasteiger partial charge in [-0.05, 0) is 31.7 Å². The minimum absolute atomic E-state index is 0.127. The maximum atomic E-state index is 13.1. The first-order chi connectivity index (χ1) is 9.20. The van der Waals surface area contributed by atoms with Crippen molar-refractivity contribution in [3.05, 3.63) is 54.0 Å². The first-order valence-electron chi connectivity index (χ1n) is 6.32. The molecule has 0 aliphatic heterocycles. The SMILES string of the molecule is CCNC(C)c1cccnc1Oc1cccc(F)c1. The van der Waals surface area contributed by atoms with Gasteiger partial charge in [-0.2, -0.15) is 0 Å². The summed E-state index contributed by atoms with van der Waals surface area (Å²) in [7, 11) is 0. The van der Waals surface area contributed by atoms with Crippen molar-refractivity contribution in [3.63, 3.8) is 0 Å². The molecule has 2 rings (SSSR count). The van der Waals surface area contributed by atoms with Gasteiger partial charge in [0, 0.05) is 23.9 Å². The van der Waals surface area contributed by atoms with Gasteiger partial charge in [-0.3, -0.25) is 0 Å². The zero-order valence-electron chi connectivity index (χ0n) is 11.1. The van der Waals surface area contributed by atoms with Gasteiger partial charge >= 0.3 is 0 Å². The Kier molecular flexibility index (Phi) is 4.47. The van der Waals surface area contributed by atoms with E-state index in [0.29, 0.717) is 11.6 Å². The molecule has 19 heavy (non-hydrogen) atoms. The summed E-state index contributed by atoms with van der Waals surface area (Å²) in [5.74, 6) is 0.625. The van der Waals surface area contributed by atoms with E-state index in [1.54, 1.807) is 18.3 Å². The molecule has 2 aromatic rings. The quantitative estimate of drug-likeness (QED) is 0.890. The second-order valence-corrected chi connectivity index (χ2v) is 4.24. The number of rotatable bonds is 5. The van der Waals surface area contributed by atoms with E-state index in [1.807, 2.05) is 26.0 Å². The zero-order chi connectivity index (χ0) is 13.7. The van der Waals surface area contributed by atoms with Crippen LogP contribution in [0.4, 0.5) is 4.39 Å². The molecule has 0 fully saturated rings. The fourth-order valence-corrected chi connectivity index (χ4v) is 1.88. The van der Waals surface area contributed by atoms with Crippen LogP contribution in [0, 0.1) is 5.82 Å². The molecule has 0 aliphatic rings. The Morgan fingerprint density at radius 3 is 2.89 bits per heavy atom. The van der Waals surface area contributed by atoms with Crippen molar-refractivity contribution in [2.75, 3.05) is 6.54 Å². The standard InChI is InChI=1S/C15H17FN2O/c1-3-17-11(2)14-8-5-9-18-15(14)19-13-7-4-6-12(16)10-13/h4-11,17H,3H2,1-2H3. The minimum atomic E-state index is -0.324. The summed E-state index contributed by atoms with van der Waals surface area (Å²) in [4.78, 5) is 4.22. The first-order valence-corrected chi connectivity index (χ1v) is 6.32. The molecule has 1 aromatic carbocycles. The molecule has 0 radical (unpaired) electrons. The lowest BCUT2D eigenvalue weighted by molar-refractivity contribution is 0.440. The average Bonchev–Trinajstić information content (AvgIpc) is 2.39. The normalized spacial score (nSPS) is 12.2. The highest BCUT2D eigenvalue weighted by Crippen LogP contribution is 2.27. The van der Waals surface area contributed by atoms with Crippen molar-refractivity contribution in [2.24, 2.45) is 0 Å². The number of nitrogens with zero attached hydrogens (tertiary/aromatic N) is 1. The van der Waals surface area contributed by atoms with Crippen molar-refractivity contribution in [1.82, 2.24) is 10.3 Å². The molecule has 1 aromatic heterocycles. The zero-order valence-corrected chi connectivity index (χ0v) is 11.1. The van der Waals surface area contributed by atoms with Crippen LogP contribution in [-0.2, 0) is 0 Å². The number of ether oxygens (including phenoxy) is 1. The maximum Gasteiger partial charge on any atom is 0.223 e. The van der Waals surface area contributed by atoms with Crippen molar-refractivity contribution in [3.8, 4) is 11.6 Å². The van der Waals surface area contributed by atoms with E-state index in [2.05, 4.69) is 10.3 Å². The smallest absolute Gasteiger partial charge is 0.223 e. The van der Waals surface area contributed by atoms with Gasteiger partial charge in [0.2, 0.25) is 5.88 Å². The summed E-state index contributed by atoms with van der Waals surface area (Å²) in [5.41, 5.74) is 0.952. The third kappa shape index (κ3) is 3.51. The third-order valence-corrected chi connectivity index (χ3v) is 2.79. The largest absolute Gasteiger partial charge is 0.439 e. The van der Waals surface area contributed by atoms with Gasteiger partial charge in [0.15, 0.2) is 0 Å². The number of aromatic nitrogens is 1. The van der Waals surface area contributed by atoms with Crippen LogP contribution in [0.5, 0.6) is 11.6 Å². The molecule has 1 unspecified atom stereocenters. The van der Waals surface area contributed by atoms with Gasteiger partial charge in [0.1, 0.15) is 11.6 Å². The number of hydrogen-bond donors (Lipinski definition) is 1. The van der Waals surface area contributed by atoms with Crippen LogP contribution in [0.2, 0.25) is 0 Å². The van der Waals surface area contributed by atoms with Crippen LogP contribution < -0.4 is 10.1 Å². The summed E-state index contributed by atoms with van der Waals surface area (Å²) < 4.78 is 18.8. The molecule has 0 amide bonds. The van der Waals surface area contributed by atoms with Crippen LogP contribution in [0.3, 0.4) is 0 Å². The Labute approximate surface area is 112 Å². The second kappa shape index (κ2) is 6.29. The predicted octanol–water partition coefficient (Wildman–Crippen LogP) is 3.68. The molecule has 1 atom stereocenters. The third-order valence-electron chi connectivity index (χ3n) is 2.79. The highest BCUT2D eigenvalue weighted by molar-refractivity contribution is 5.34. The van der Waals surface area contributed by atoms with Gasteiger partial charge in [0.25, 0.3) is 0 Å². The highest BCUT2D eigenvalue weighted by Gasteiger charge is 2.12. The molecule has 3 nitrogen and oxygen atoms in total. The van der Waals surface area contributed by atoms with Gasteiger partial charge in [-0.25, -0.2) is 9.37 Å². The first kappa shape index (κ1) is 13.5. The van der Waals surface area contributed by atoms with Gasteiger partial charge in [0.05, 0.1) is 0 Å². The molecule has 0 saturated carbocycles. The van der Waals surface area contributed by atoms with Gasteiger partial charge in [-0.15, -0.1) is 0 Å². The monoisotopic (exact) mass is 260 g/mol. The van der Waals surface area contributed by atoms with Gasteiger partial charge < -0.3 is 10.1 Å². The molecule has 0 bridgehead atoms. The number of benzene rings is 1. The Balaban J connectivity index is 2.25. The van der Waals surface area contributed by atoms with Crippen LogP contribution in [0.15, 0.2) is 42.6 Å². The van der Waals surface area contributed by atoms with Crippen molar-refractivity contribution in [1.29, 1.82) is 0 Å². The molecule has 0 saturated heterocycles. The lowest BCUT2D eigenvalue weighted by Gasteiger charge is -2.16. The van der Waals surface area contributed by atoms with E-state index < -0.39 is 0 Å². The molecular formula is C15H17FN2O. The number of halogens is 1. The molecule has 1 heterocycles. The number of hydrogen-bond acceptors (Lipinski definition) is 3. The summed E-state index contributed by atoms with van der Waals surface area (Å²) in [6, 6.07) is 9.99. The molecule has 0 aliphatic carbocycles. The van der Waals surface area contributed by atoms with E-state index in [1.165, 1.54) is 12.1 Å². The summed E-state index contributed by atoms with van der Waals surface area (Å²) in [6.45, 7) is 4.94. The molecule has 0 spiro atoms. The van der Waals surface area contributed by atoms with Crippen LogP contribution >= 0.6 is 0 Å². The van der Waals surface area contributed by atoms with Gasteiger partial charge in [-0.1, -0.05) is 19.1 Å². The Morgan fingerprint density at radius 2 is 2.16 bits per heavy atom. The fraction of sp³-hybridized carbons (Fsp3) is 0.267. The van der Waals surface area contributed by atoms with E-state index in [9.17, 15) is 4.39 Å². The lowest BCUT2D eigenvalue weighted by atomic mass is 10.1. The summed E-state index contributed by atoms with van der Waals surface area (Å²) in [5, 5.41) is 3.31. The number of nitrogens with one attached hydrogen (secondary N) is 1. The Bertz CT molecular complexity index is 545. The van der Waals surface area contributed by atoms with Crippen LogP contribution in [-0.4, -0.2) is 11.5 Å². The minimum Gasteiger partial charge on any atom is -0.439 e. The summed E-state index contributed by atoms with van der Waals surface area (Å²) >= 11 is 0. The summed E-state index contributed by atoms with van der Waals surface area (Å²) in [6.07, 6.45) is 1.66. The van der Waals surface area contributed by atoms with E-state index in [0.717, 1.165) is 12.1 Å². The highest BCUT2D eigenvalue weighted by atomic mass is 19.1. The molecule has 4 heteroatoms. The van der Waals surface area contributed by atoms with E-state index >= 15 is 0 Å². The molecule has 1 N–H and O–H groups in total. The fourth-order valence-electron chi connectivity index (χ4n) is 1.88. The average molecular weight is 260 g/mol. The predicted molar refractivity (Wildman–Crippen MR) is 72.8 cm³/mol. The molecular weight excluding hydrogens is 243 g/mol. The Morgan fingerprint density at radius 1 is 1.32 bits per heavy atom. The van der Waals surface area contributed by atoms with E-state index in [4.69, 9.17) is 4.74 Å². The maximum absolute atomic E-state index is 13.1. The van der Waals surface area contributed by atoms with Crippen molar-refractivity contribution in [2.45, 2.75) is 19.9 Å². The Hall–Kier alpha value is -1.94. The topological polar surface area (TPSA) is 34.2 Å². The van der Waals surface area contributed by atoms with Crippen molar-refractivity contribution < 1.29 is 9.13 Å². The van der Waals surface area contributed by atoms with E-state index in [-0.39, 0.29) is 11.9 Å².